The largest absolute Gasteiger partial charge is 0.431 e. The fraction of sp³-hybridized carbons (Fsp3) is 0.154. The van der Waals surface area contributed by atoms with E-state index in [-0.39, 0.29) is 5.56 Å². The molecule has 0 aliphatic heterocycles. The number of alkyl halides is 3. The molecule has 2 aromatic heterocycles. The molecule has 1 nitrogen and oxygen atoms in total. The van der Waals surface area contributed by atoms with Crippen LogP contribution in [0.15, 0.2) is 30.1 Å². The number of H-pyrrole nitrogens is 1. The Bertz CT molecular complexity index is 726. The van der Waals surface area contributed by atoms with Gasteiger partial charge in [0.15, 0.2) is 0 Å². The molecule has 1 atom stereocenters. The maximum absolute atomic E-state index is 12.9. The summed E-state index contributed by atoms with van der Waals surface area (Å²) in [7, 11) is 1.83. The number of aromatic nitrogens is 1. The maximum Gasteiger partial charge on any atom is 0.431 e. The quantitative estimate of drug-likeness (QED) is 0.587. The van der Waals surface area contributed by atoms with Crippen molar-refractivity contribution < 1.29 is 13.2 Å². The number of rotatable bonds is 1. The molecule has 6 heteroatoms. The van der Waals surface area contributed by atoms with Crippen molar-refractivity contribution in [3.8, 4) is 10.9 Å². The standard InChI is InChI=1S/C13H10F3NP2/c1-7-11-8(10-5-6-18-19-10)3-2-4-9(11)17-12(7)13(14,15)16/h2-6,17,19H,1H3. The van der Waals surface area contributed by atoms with Gasteiger partial charge in [-0.3, -0.25) is 0 Å². The van der Waals surface area contributed by atoms with Crippen LogP contribution in [0.25, 0.3) is 21.8 Å². The molecule has 2 heterocycles. The lowest BCUT2D eigenvalue weighted by Gasteiger charge is -2.05. The third-order valence-electron chi connectivity index (χ3n) is 3.15. The molecule has 0 radical (unpaired) electrons. The van der Waals surface area contributed by atoms with Gasteiger partial charge in [0.05, 0.1) is 0 Å². The Hall–Kier alpha value is -1.24. The van der Waals surface area contributed by atoms with Crippen LogP contribution in [0.2, 0.25) is 0 Å². The molecule has 19 heavy (non-hydrogen) atoms. The number of aryl methyl sites for hydroxylation is 1. The van der Waals surface area contributed by atoms with Crippen LogP contribution in [0.5, 0.6) is 0 Å². The van der Waals surface area contributed by atoms with E-state index in [4.69, 9.17) is 0 Å². The fourth-order valence-corrected chi connectivity index (χ4v) is 4.84. The minimum absolute atomic E-state index is 0.285. The van der Waals surface area contributed by atoms with Gasteiger partial charge < -0.3 is 4.98 Å². The summed E-state index contributed by atoms with van der Waals surface area (Å²) in [5.41, 5.74) is 1.11. The predicted molar refractivity (Wildman–Crippen MR) is 75.5 cm³/mol. The lowest BCUT2D eigenvalue weighted by atomic mass is 10.0. The predicted octanol–water partition coefficient (Wildman–Crippen LogP) is 5.77. The summed E-state index contributed by atoms with van der Waals surface area (Å²) in [4.78, 5) is 2.51. The lowest BCUT2D eigenvalue weighted by molar-refractivity contribution is -0.141. The van der Waals surface area contributed by atoms with Gasteiger partial charge in [-0.15, -0.1) is 7.87 Å². The number of halogens is 3. The van der Waals surface area contributed by atoms with Crippen LogP contribution in [0.3, 0.4) is 0 Å². The zero-order chi connectivity index (χ0) is 13.6. The Morgan fingerprint density at radius 1 is 1.21 bits per heavy atom. The summed E-state index contributed by atoms with van der Waals surface area (Å²) < 4.78 is 38.8. The molecule has 0 amide bonds. The molecule has 0 fully saturated rings. The highest BCUT2D eigenvalue weighted by Crippen LogP contribution is 2.43. The molecule has 0 bridgehead atoms. The molecule has 3 rings (SSSR count). The van der Waals surface area contributed by atoms with E-state index in [1.54, 1.807) is 12.1 Å². The molecule has 0 aliphatic rings. The molecule has 1 unspecified atom stereocenters. The van der Waals surface area contributed by atoms with Crippen molar-refractivity contribution in [2.24, 2.45) is 0 Å². The van der Waals surface area contributed by atoms with E-state index in [1.165, 1.54) is 14.8 Å². The SMILES string of the molecule is Cc1c(C(F)(F)F)[nH]c2cccc(-c3ccp[pH]3)c12. The van der Waals surface area contributed by atoms with Gasteiger partial charge in [0.25, 0.3) is 0 Å². The zero-order valence-corrected chi connectivity index (χ0v) is 11.9. The monoisotopic (exact) mass is 299 g/mol. The van der Waals surface area contributed by atoms with Gasteiger partial charge in [-0.25, -0.2) is 0 Å². The first kappa shape index (κ1) is 12.8. The summed E-state index contributed by atoms with van der Waals surface area (Å²) in [6.45, 7) is 1.53. The molecule has 0 saturated carbocycles. The Morgan fingerprint density at radius 3 is 2.63 bits per heavy atom. The molecule has 1 aromatic carbocycles. The molecule has 0 spiro atoms. The first-order chi connectivity index (χ1) is 8.98. The Kier molecular flexibility index (Phi) is 2.96. The van der Waals surface area contributed by atoms with Crippen LogP contribution in [0.1, 0.15) is 11.3 Å². The summed E-state index contributed by atoms with van der Waals surface area (Å²) >= 11 is 0. The third kappa shape index (κ3) is 2.09. The van der Waals surface area contributed by atoms with Gasteiger partial charge >= 0.3 is 6.18 Å². The Morgan fingerprint density at radius 2 is 2.00 bits per heavy atom. The van der Waals surface area contributed by atoms with Crippen molar-refractivity contribution in [2.45, 2.75) is 13.1 Å². The molecular weight excluding hydrogens is 289 g/mol. The van der Waals surface area contributed by atoms with Gasteiger partial charge in [-0.2, -0.15) is 13.2 Å². The summed E-state index contributed by atoms with van der Waals surface area (Å²) in [5, 5.41) is 1.82. The van der Waals surface area contributed by atoms with Gasteiger partial charge in [0, 0.05) is 16.2 Å². The average Bonchev–Trinajstić information content (AvgIpc) is 2.96. The zero-order valence-electron chi connectivity index (χ0n) is 9.97. The number of hydrogen-bond acceptors (Lipinski definition) is 0. The van der Waals surface area contributed by atoms with Crippen molar-refractivity contribution >= 4 is 26.6 Å². The smallest absolute Gasteiger partial charge is 0.351 e. The molecular formula is C13H10F3NP2. The van der Waals surface area contributed by atoms with Crippen LogP contribution in [-0.4, -0.2) is 4.98 Å². The third-order valence-corrected chi connectivity index (χ3v) is 5.81. The van der Waals surface area contributed by atoms with Crippen molar-refractivity contribution in [1.29, 1.82) is 0 Å². The van der Waals surface area contributed by atoms with Crippen LogP contribution in [0.4, 0.5) is 13.2 Å². The summed E-state index contributed by atoms with van der Waals surface area (Å²) in [6, 6.07) is 7.40. The van der Waals surface area contributed by atoms with Gasteiger partial charge in [0.1, 0.15) is 5.69 Å². The Labute approximate surface area is 110 Å². The number of benzene rings is 1. The van der Waals surface area contributed by atoms with Crippen molar-refractivity contribution in [3.63, 3.8) is 0 Å². The van der Waals surface area contributed by atoms with Crippen LogP contribution < -0.4 is 0 Å². The number of fused-ring (bicyclic) bond motifs is 1. The first-order valence-electron chi connectivity index (χ1n) is 5.66. The van der Waals surface area contributed by atoms with Crippen molar-refractivity contribution in [3.05, 3.63) is 41.3 Å². The Balaban J connectivity index is 2.35. The van der Waals surface area contributed by atoms with E-state index in [0.29, 0.717) is 18.8 Å². The topological polar surface area (TPSA) is 15.8 Å². The molecule has 0 aliphatic carbocycles. The minimum Gasteiger partial charge on any atom is -0.351 e. The van der Waals surface area contributed by atoms with Crippen LogP contribution >= 0.6 is 15.7 Å². The maximum atomic E-state index is 12.9. The van der Waals surface area contributed by atoms with Crippen molar-refractivity contribution in [1.82, 2.24) is 4.98 Å². The van der Waals surface area contributed by atoms with Gasteiger partial charge in [-0.1, -0.05) is 20.0 Å². The van der Waals surface area contributed by atoms with Crippen LogP contribution in [0, 0.1) is 6.92 Å². The second-order valence-electron chi connectivity index (χ2n) is 4.32. The summed E-state index contributed by atoms with van der Waals surface area (Å²) in [6.07, 6.45) is -4.34. The highest BCUT2D eigenvalue weighted by Gasteiger charge is 2.35. The number of nitrogens with one attached hydrogen (secondary N) is 1. The normalized spacial score (nSPS) is 13.1. The molecule has 3 aromatic rings. The van der Waals surface area contributed by atoms with E-state index in [9.17, 15) is 13.2 Å². The average molecular weight is 299 g/mol. The van der Waals surface area contributed by atoms with E-state index in [0.717, 1.165) is 10.9 Å². The van der Waals surface area contributed by atoms with Crippen molar-refractivity contribution in [2.75, 3.05) is 0 Å². The minimum atomic E-state index is -4.34. The first-order valence-corrected chi connectivity index (χ1v) is 8.47. The molecule has 1 N–H and O–H groups in total. The number of aromatic amines is 1. The van der Waals surface area contributed by atoms with E-state index in [1.807, 2.05) is 17.9 Å². The van der Waals surface area contributed by atoms with E-state index < -0.39 is 11.9 Å². The van der Waals surface area contributed by atoms with E-state index in [2.05, 4.69) is 4.98 Å². The number of hydrogen-bond donors (Lipinski definition) is 1. The van der Waals surface area contributed by atoms with Gasteiger partial charge in [-0.05, 0) is 36.0 Å². The second kappa shape index (κ2) is 4.40. The highest BCUT2D eigenvalue weighted by molar-refractivity contribution is 7.91. The fourth-order valence-electron chi connectivity index (χ4n) is 2.33. The highest BCUT2D eigenvalue weighted by atomic mass is 31.8. The molecule has 0 saturated heterocycles. The second-order valence-corrected chi connectivity index (χ2v) is 7.09. The molecule has 98 valence electrons. The van der Waals surface area contributed by atoms with Gasteiger partial charge in [0.2, 0.25) is 0 Å². The lowest BCUT2D eigenvalue weighted by Crippen LogP contribution is -2.06. The van der Waals surface area contributed by atoms with E-state index >= 15 is 0 Å². The summed E-state index contributed by atoms with van der Waals surface area (Å²) in [5.74, 6) is 2.04. The van der Waals surface area contributed by atoms with Crippen LogP contribution in [-0.2, 0) is 6.18 Å².